The van der Waals surface area contributed by atoms with Crippen LogP contribution in [0, 0.1) is 6.92 Å². The fourth-order valence-electron chi connectivity index (χ4n) is 2.02. The number of hydrogen-bond donors (Lipinski definition) is 1. The summed E-state index contributed by atoms with van der Waals surface area (Å²) < 4.78 is 8.28. The van der Waals surface area contributed by atoms with Crippen molar-refractivity contribution in [2.24, 2.45) is 14.1 Å². The number of aromatic hydroxyl groups is 1. The molecule has 0 spiro atoms. The molecule has 0 saturated heterocycles. The molecule has 0 fully saturated rings. The number of aryl methyl sites for hydroxylation is 1. The second-order valence-electron chi connectivity index (χ2n) is 4.87. The topological polar surface area (TPSA) is 55.3 Å². The predicted octanol–water partition coefficient (Wildman–Crippen LogP) is -1.59. The molecule has 2 aromatic rings. The summed E-state index contributed by atoms with van der Waals surface area (Å²) in [4.78, 5) is 12.0. The molecule has 2 rings (SSSR count). The van der Waals surface area contributed by atoms with Crippen LogP contribution in [-0.2, 0) is 14.1 Å². The first kappa shape index (κ1) is 17.8. The van der Waals surface area contributed by atoms with E-state index in [2.05, 4.69) is 0 Å². The van der Waals surface area contributed by atoms with Crippen LogP contribution in [0.3, 0.4) is 0 Å². The molecule has 0 aliphatic carbocycles. The van der Waals surface area contributed by atoms with Gasteiger partial charge in [0, 0.05) is 11.6 Å². The number of nitrogens with zero attached hydrogens (tertiary/aromatic N) is 2. The fourth-order valence-corrected chi connectivity index (χ4v) is 2.02. The SMILES string of the molecule is COc1ccc(O)c(C=Cc2cc(C)n(C)c(=O)[n+]2C)c1.[Cl-]. The van der Waals surface area contributed by atoms with Crippen molar-refractivity contribution in [3.63, 3.8) is 0 Å². The number of phenolic OH excluding ortho intramolecular Hbond substituents is 1. The Labute approximate surface area is 135 Å². The van der Waals surface area contributed by atoms with E-state index in [0.29, 0.717) is 11.3 Å². The summed E-state index contributed by atoms with van der Waals surface area (Å²) in [5.41, 5.74) is 2.17. The molecule has 0 atom stereocenters. The van der Waals surface area contributed by atoms with Gasteiger partial charge in [-0.1, -0.05) is 0 Å². The number of halogens is 1. The van der Waals surface area contributed by atoms with Crippen molar-refractivity contribution in [3.8, 4) is 11.5 Å². The molecule has 1 aromatic carbocycles. The van der Waals surface area contributed by atoms with Crippen LogP contribution in [0.25, 0.3) is 12.2 Å². The zero-order valence-electron chi connectivity index (χ0n) is 13.0. The van der Waals surface area contributed by atoms with E-state index >= 15 is 0 Å². The minimum absolute atomic E-state index is 0. The van der Waals surface area contributed by atoms with Crippen molar-refractivity contribution in [3.05, 3.63) is 51.7 Å². The van der Waals surface area contributed by atoms with Crippen molar-refractivity contribution in [2.75, 3.05) is 7.11 Å². The number of phenols is 1. The van der Waals surface area contributed by atoms with Crippen LogP contribution in [-0.4, -0.2) is 16.8 Å². The van der Waals surface area contributed by atoms with E-state index in [-0.39, 0.29) is 23.8 Å². The lowest BCUT2D eigenvalue weighted by molar-refractivity contribution is -0.692. The summed E-state index contributed by atoms with van der Waals surface area (Å²) in [6.45, 7) is 1.88. The monoisotopic (exact) mass is 322 g/mol. The molecule has 5 nitrogen and oxygen atoms in total. The van der Waals surface area contributed by atoms with Crippen molar-refractivity contribution >= 4 is 12.2 Å². The van der Waals surface area contributed by atoms with Crippen LogP contribution in [0.2, 0.25) is 0 Å². The van der Waals surface area contributed by atoms with Crippen molar-refractivity contribution in [1.82, 2.24) is 4.57 Å². The molecule has 1 heterocycles. The third-order valence-electron chi connectivity index (χ3n) is 3.52. The van der Waals surface area contributed by atoms with Crippen LogP contribution >= 0.6 is 0 Å². The van der Waals surface area contributed by atoms with Crippen molar-refractivity contribution < 1.29 is 26.8 Å². The number of aromatic nitrogens is 2. The average molecular weight is 323 g/mol. The van der Waals surface area contributed by atoms with Gasteiger partial charge < -0.3 is 22.3 Å². The highest BCUT2D eigenvalue weighted by atomic mass is 35.5. The molecular weight excluding hydrogens is 304 g/mol. The van der Waals surface area contributed by atoms with Crippen molar-refractivity contribution in [1.29, 1.82) is 0 Å². The number of rotatable bonds is 3. The van der Waals surface area contributed by atoms with E-state index < -0.39 is 0 Å². The number of benzene rings is 1. The summed E-state index contributed by atoms with van der Waals surface area (Å²) in [7, 11) is 5.02. The first-order valence-corrected chi connectivity index (χ1v) is 6.56. The number of methoxy groups -OCH3 is 1. The molecule has 0 amide bonds. The zero-order chi connectivity index (χ0) is 15.6. The first-order valence-electron chi connectivity index (χ1n) is 6.56. The smallest absolute Gasteiger partial charge is 0.498 e. The summed E-state index contributed by atoms with van der Waals surface area (Å²) in [5, 5.41) is 9.85. The minimum Gasteiger partial charge on any atom is -1.00 e. The highest BCUT2D eigenvalue weighted by Crippen LogP contribution is 2.24. The Bertz CT molecular complexity index is 767. The number of hydrogen-bond acceptors (Lipinski definition) is 3. The first-order chi connectivity index (χ1) is 9.93. The molecule has 118 valence electrons. The van der Waals surface area contributed by atoms with Crippen LogP contribution in [0.5, 0.6) is 11.5 Å². The fraction of sp³-hybridized carbons (Fsp3) is 0.250. The third-order valence-corrected chi connectivity index (χ3v) is 3.52. The predicted molar refractivity (Wildman–Crippen MR) is 81.2 cm³/mol. The largest absolute Gasteiger partial charge is 1.00 e. The summed E-state index contributed by atoms with van der Waals surface area (Å²) in [5.74, 6) is 0.826. The molecule has 0 aliphatic heterocycles. The Hall–Kier alpha value is -2.27. The van der Waals surface area contributed by atoms with Gasteiger partial charge >= 0.3 is 5.69 Å². The summed E-state index contributed by atoms with van der Waals surface area (Å²) in [6, 6.07) is 6.91. The maximum Gasteiger partial charge on any atom is 0.498 e. The van der Waals surface area contributed by atoms with Crippen LogP contribution in [0.1, 0.15) is 17.0 Å². The van der Waals surface area contributed by atoms with Gasteiger partial charge in [-0.25, -0.2) is 0 Å². The quantitative estimate of drug-likeness (QED) is 0.693. The van der Waals surface area contributed by atoms with Gasteiger partial charge in [-0.3, -0.25) is 0 Å². The third kappa shape index (κ3) is 3.49. The lowest BCUT2D eigenvalue weighted by atomic mass is 10.1. The van der Waals surface area contributed by atoms with Gasteiger partial charge in [0.05, 0.1) is 21.2 Å². The maximum absolute atomic E-state index is 12.0. The Balaban J connectivity index is 0.00000242. The number of ether oxygens (including phenoxy) is 1. The molecule has 22 heavy (non-hydrogen) atoms. The molecule has 0 radical (unpaired) electrons. The van der Waals surface area contributed by atoms with E-state index in [9.17, 15) is 9.90 Å². The molecule has 0 saturated carbocycles. The van der Waals surface area contributed by atoms with Gasteiger partial charge in [0.2, 0.25) is 0 Å². The van der Waals surface area contributed by atoms with Crippen LogP contribution < -0.4 is 27.4 Å². The molecule has 0 unspecified atom stereocenters. The Morgan fingerprint density at radius 2 is 1.95 bits per heavy atom. The average Bonchev–Trinajstić information content (AvgIpc) is 2.49. The van der Waals surface area contributed by atoms with Crippen LogP contribution in [0.4, 0.5) is 0 Å². The van der Waals surface area contributed by atoms with Crippen LogP contribution in [0.15, 0.2) is 29.1 Å². The molecule has 0 aliphatic rings. The normalized spacial score (nSPS) is 10.5. The van der Waals surface area contributed by atoms with Gasteiger partial charge in [0.25, 0.3) is 0 Å². The Morgan fingerprint density at radius 1 is 1.27 bits per heavy atom. The molecular formula is C16H19ClN2O3. The minimum atomic E-state index is -0.0930. The Kier molecular flexibility index (Phi) is 5.77. The van der Waals surface area contributed by atoms with Gasteiger partial charge in [-0.15, -0.1) is 0 Å². The van der Waals surface area contributed by atoms with Gasteiger partial charge in [0.1, 0.15) is 22.9 Å². The lowest BCUT2D eigenvalue weighted by Gasteiger charge is -2.04. The highest BCUT2D eigenvalue weighted by molar-refractivity contribution is 5.71. The van der Waals surface area contributed by atoms with E-state index in [1.54, 1.807) is 60.7 Å². The summed E-state index contributed by atoms with van der Waals surface area (Å²) >= 11 is 0. The second kappa shape index (κ2) is 7.13. The second-order valence-corrected chi connectivity index (χ2v) is 4.87. The zero-order valence-corrected chi connectivity index (χ0v) is 13.8. The Morgan fingerprint density at radius 3 is 2.59 bits per heavy atom. The molecule has 6 heteroatoms. The molecule has 1 N–H and O–H groups in total. The van der Waals surface area contributed by atoms with Crippen molar-refractivity contribution in [2.45, 2.75) is 6.92 Å². The van der Waals surface area contributed by atoms with E-state index in [1.807, 2.05) is 13.0 Å². The van der Waals surface area contributed by atoms with Gasteiger partial charge in [-0.2, -0.15) is 13.9 Å². The molecule has 1 aromatic heterocycles. The van der Waals surface area contributed by atoms with E-state index in [4.69, 9.17) is 4.74 Å². The van der Waals surface area contributed by atoms with E-state index in [0.717, 1.165) is 11.4 Å². The highest BCUT2D eigenvalue weighted by Gasteiger charge is 2.11. The van der Waals surface area contributed by atoms with Gasteiger partial charge in [0.15, 0.2) is 0 Å². The molecule has 0 bridgehead atoms. The summed E-state index contributed by atoms with van der Waals surface area (Å²) in [6.07, 6.45) is 3.55. The van der Waals surface area contributed by atoms with Gasteiger partial charge in [-0.05, 0) is 37.3 Å². The maximum atomic E-state index is 12.0. The lowest BCUT2D eigenvalue weighted by Crippen LogP contribution is -3.00. The standard InChI is InChI=1S/C16H18N2O3.ClH/c1-11-9-13(18(3)16(20)17(11)2)6-5-12-10-14(21-4)7-8-15(12)19;/h5-10H,1-4H3;1H. The van der Waals surface area contributed by atoms with E-state index in [1.165, 1.54) is 0 Å².